The monoisotopic (exact) mass is 515 g/mol. The summed E-state index contributed by atoms with van der Waals surface area (Å²) in [5.74, 6) is -6.12. The van der Waals surface area contributed by atoms with E-state index in [9.17, 15) is 33.9 Å². The number of carboxylic acid groups (broad SMARTS) is 1. The molecule has 16 heteroatoms. The zero-order valence-electron chi connectivity index (χ0n) is 20.4. The third-order valence-corrected chi connectivity index (χ3v) is 4.93. The second-order valence-electron chi connectivity index (χ2n) is 8.42. The van der Waals surface area contributed by atoms with Crippen LogP contribution < -0.4 is 44.6 Å². The van der Waals surface area contributed by atoms with Gasteiger partial charge in [-0.2, -0.15) is 0 Å². The van der Waals surface area contributed by atoms with Crippen LogP contribution in [0.15, 0.2) is 4.99 Å². The third kappa shape index (κ3) is 13.1. The quantitative estimate of drug-likeness (QED) is 0.0509. The van der Waals surface area contributed by atoms with Gasteiger partial charge in [0.05, 0.1) is 12.5 Å². The lowest BCUT2D eigenvalue weighted by Gasteiger charge is -2.25. The minimum atomic E-state index is -1.57. The summed E-state index contributed by atoms with van der Waals surface area (Å²) in [4.78, 5) is 75.8. The van der Waals surface area contributed by atoms with Crippen LogP contribution in [0.3, 0.4) is 0 Å². The molecule has 0 saturated heterocycles. The van der Waals surface area contributed by atoms with Gasteiger partial charge in [0, 0.05) is 13.0 Å². The standard InChI is InChI=1S/C20H37N9O7/c1-9(2)15(23)18(34)27-10(4-3-7-26-20(24)25)16(32)29-12(8-14(22)31)17(33)28-11(19(35)36)5-6-13(21)30/h9-12,15H,3-8,23H2,1-2H3,(H2,21,30)(H2,22,31)(H,27,34)(H,28,33)(H,29,32)(H,35,36)(H4,24,25,26). The lowest BCUT2D eigenvalue weighted by atomic mass is 10.0. The molecule has 0 saturated carbocycles. The van der Waals surface area contributed by atoms with Crippen molar-refractivity contribution in [1.82, 2.24) is 16.0 Å². The van der Waals surface area contributed by atoms with Crippen molar-refractivity contribution in [3.05, 3.63) is 0 Å². The molecule has 204 valence electrons. The number of carboxylic acids is 1. The first-order valence-corrected chi connectivity index (χ1v) is 11.2. The van der Waals surface area contributed by atoms with E-state index in [2.05, 4.69) is 20.9 Å². The number of aliphatic imine (C=N–C) groups is 1. The van der Waals surface area contributed by atoms with Gasteiger partial charge in [0.15, 0.2) is 5.96 Å². The van der Waals surface area contributed by atoms with Gasteiger partial charge < -0.3 is 49.7 Å². The molecule has 0 radical (unpaired) electrons. The predicted octanol–water partition coefficient (Wildman–Crippen LogP) is -4.30. The summed E-state index contributed by atoms with van der Waals surface area (Å²) < 4.78 is 0. The van der Waals surface area contributed by atoms with Crippen molar-refractivity contribution in [2.24, 2.45) is 39.6 Å². The van der Waals surface area contributed by atoms with Gasteiger partial charge in [0.1, 0.15) is 18.1 Å². The molecule has 14 N–H and O–H groups in total. The largest absolute Gasteiger partial charge is 0.480 e. The van der Waals surface area contributed by atoms with Crippen molar-refractivity contribution < 1.29 is 33.9 Å². The number of primary amides is 2. The van der Waals surface area contributed by atoms with Crippen LogP contribution in [0, 0.1) is 5.92 Å². The van der Waals surface area contributed by atoms with Gasteiger partial charge in [0.25, 0.3) is 0 Å². The Bertz CT molecular complexity index is 843. The highest BCUT2D eigenvalue weighted by atomic mass is 16.4. The molecule has 0 heterocycles. The number of amides is 5. The second kappa shape index (κ2) is 15.9. The van der Waals surface area contributed by atoms with Crippen LogP contribution >= 0.6 is 0 Å². The fraction of sp³-hybridized carbons (Fsp3) is 0.650. The molecule has 0 aliphatic carbocycles. The first-order chi connectivity index (χ1) is 16.6. The molecule has 0 aromatic carbocycles. The maximum absolute atomic E-state index is 13.0. The van der Waals surface area contributed by atoms with Crippen molar-refractivity contribution in [2.75, 3.05) is 6.54 Å². The number of guanidine groups is 1. The van der Waals surface area contributed by atoms with Crippen LogP contribution in [0.4, 0.5) is 0 Å². The molecule has 36 heavy (non-hydrogen) atoms. The summed E-state index contributed by atoms with van der Waals surface area (Å²) in [6.07, 6.45) is -1.01. The van der Waals surface area contributed by atoms with E-state index < -0.39 is 66.1 Å². The van der Waals surface area contributed by atoms with Crippen LogP contribution in [-0.2, 0) is 28.8 Å². The van der Waals surface area contributed by atoms with E-state index in [1.165, 1.54) is 0 Å². The van der Waals surface area contributed by atoms with Gasteiger partial charge in [-0.05, 0) is 25.2 Å². The number of nitrogens with two attached hydrogens (primary N) is 5. The normalized spacial score (nSPS) is 14.0. The van der Waals surface area contributed by atoms with Crippen molar-refractivity contribution in [3.63, 3.8) is 0 Å². The number of hydrogen-bond donors (Lipinski definition) is 9. The summed E-state index contributed by atoms with van der Waals surface area (Å²) in [6.45, 7) is 3.56. The zero-order chi connectivity index (χ0) is 28.0. The first-order valence-electron chi connectivity index (χ1n) is 11.2. The van der Waals surface area contributed by atoms with Crippen molar-refractivity contribution in [1.29, 1.82) is 0 Å². The molecule has 4 unspecified atom stereocenters. The fourth-order valence-electron chi connectivity index (χ4n) is 2.84. The molecule has 5 amide bonds. The van der Waals surface area contributed by atoms with E-state index in [0.717, 1.165) is 0 Å². The molecule has 0 bridgehead atoms. The number of nitrogens with one attached hydrogen (secondary N) is 3. The topological polar surface area (TPSA) is 301 Å². The maximum Gasteiger partial charge on any atom is 0.326 e. The summed E-state index contributed by atoms with van der Waals surface area (Å²) >= 11 is 0. The average Bonchev–Trinajstić information content (AvgIpc) is 2.76. The second-order valence-corrected chi connectivity index (χ2v) is 8.42. The highest BCUT2D eigenvalue weighted by Crippen LogP contribution is 2.05. The molecule has 4 atom stereocenters. The van der Waals surface area contributed by atoms with E-state index in [0.29, 0.717) is 0 Å². The van der Waals surface area contributed by atoms with Gasteiger partial charge in [0.2, 0.25) is 29.5 Å². The number of carbonyl (C=O) groups excluding carboxylic acids is 5. The van der Waals surface area contributed by atoms with Gasteiger partial charge in [-0.25, -0.2) is 4.79 Å². The van der Waals surface area contributed by atoms with Gasteiger partial charge >= 0.3 is 5.97 Å². The van der Waals surface area contributed by atoms with Crippen LogP contribution in [0.5, 0.6) is 0 Å². The molecule has 0 rings (SSSR count). The molecular formula is C20H37N9O7. The fourth-order valence-corrected chi connectivity index (χ4v) is 2.84. The Morgan fingerprint density at radius 2 is 1.31 bits per heavy atom. The SMILES string of the molecule is CC(C)C(N)C(=O)NC(CCCN=C(N)N)C(=O)NC(CC(N)=O)C(=O)NC(CCC(N)=O)C(=O)O. The van der Waals surface area contributed by atoms with Gasteiger partial charge in [-0.1, -0.05) is 13.8 Å². The highest BCUT2D eigenvalue weighted by molar-refractivity contribution is 5.96. The van der Waals surface area contributed by atoms with Crippen LogP contribution in [0.1, 0.15) is 46.0 Å². The van der Waals surface area contributed by atoms with Crippen LogP contribution in [-0.4, -0.2) is 77.3 Å². The molecule has 16 nitrogen and oxygen atoms in total. The first kappa shape index (κ1) is 32.0. The average molecular weight is 516 g/mol. The van der Waals surface area contributed by atoms with Crippen molar-refractivity contribution >= 4 is 41.5 Å². The summed E-state index contributed by atoms with van der Waals surface area (Å²) in [5, 5.41) is 16.2. The number of carbonyl (C=O) groups is 6. The zero-order valence-corrected chi connectivity index (χ0v) is 20.4. The van der Waals surface area contributed by atoms with E-state index >= 15 is 0 Å². The number of hydrogen-bond acceptors (Lipinski definition) is 8. The van der Waals surface area contributed by atoms with Gasteiger partial charge in [-0.15, -0.1) is 0 Å². The van der Waals surface area contributed by atoms with Crippen molar-refractivity contribution in [2.45, 2.75) is 70.1 Å². The summed E-state index contributed by atoms with van der Waals surface area (Å²) in [6, 6.07) is -5.20. The Hall–Kier alpha value is -3.95. The Labute approximate surface area is 208 Å². The maximum atomic E-state index is 13.0. The smallest absolute Gasteiger partial charge is 0.326 e. The molecule has 0 aromatic heterocycles. The molecule has 0 fully saturated rings. The van der Waals surface area contributed by atoms with E-state index in [4.69, 9.17) is 28.7 Å². The molecular weight excluding hydrogens is 478 g/mol. The van der Waals surface area contributed by atoms with Crippen LogP contribution in [0.25, 0.3) is 0 Å². The predicted molar refractivity (Wildman–Crippen MR) is 128 cm³/mol. The Balaban J connectivity index is 5.63. The van der Waals surface area contributed by atoms with E-state index in [-0.39, 0.29) is 44.1 Å². The Kier molecular flexibility index (Phi) is 14.1. The van der Waals surface area contributed by atoms with E-state index in [1.807, 2.05) is 0 Å². The molecule has 0 aromatic rings. The summed E-state index contributed by atoms with van der Waals surface area (Å²) in [7, 11) is 0. The number of aliphatic carboxylic acids is 1. The molecule has 0 aliphatic heterocycles. The Morgan fingerprint density at radius 3 is 1.78 bits per heavy atom. The number of rotatable bonds is 17. The van der Waals surface area contributed by atoms with E-state index in [1.54, 1.807) is 13.8 Å². The highest BCUT2D eigenvalue weighted by Gasteiger charge is 2.31. The van der Waals surface area contributed by atoms with Crippen molar-refractivity contribution in [3.8, 4) is 0 Å². The lowest BCUT2D eigenvalue weighted by Crippen LogP contribution is -2.58. The number of nitrogens with zero attached hydrogens (tertiary/aromatic N) is 1. The minimum Gasteiger partial charge on any atom is -0.480 e. The molecule has 0 aliphatic rings. The van der Waals surface area contributed by atoms with Crippen LogP contribution in [0.2, 0.25) is 0 Å². The molecule has 0 spiro atoms. The minimum absolute atomic E-state index is 0.0421. The Morgan fingerprint density at radius 1 is 0.778 bits per heavy atom. The third-order valence-electron chi connectivity index (χ3n) is 4.93. The lowest BCUT2D eigenvalue weighted by molar-refractivity contribution is -0.142. The van der Waals surface area contributed by atoms with Gasteiger partial charge in [-0.3, -0.25) is 29.0 Å². The summed E-state index contributed by atoms with van der Waals surface area (Å²) in [5.41, 5.74) is 26.6.